The Hall–Kier alpha value is -0.750. The molecule has 1 unspecified atom stereocenters. The molecule has 0 bridgehead atoms. The molecule has 2 fully saturated rings. The van der Waals surface area contributed by atoms with Gasteiger partial charge in [0, 0.05) is 13.2 Å². The second kappa shape index (κ2) is 5.54. The Bertz CT molecular complexity index is 279. The highest BCUT2D eigenvalue weighted by Crippen LogP contribution is 2.14. The Morgan fingerprint density at radius 2 is 2.50 bits per heavy atom. The first-order valence-corrected chi connectivity index (χ1v) is 6.65. The van der Waals surface area contributed by atoms with Gasteiger partial charge in [-0.15, -0.1) is 11.8 Å². The molecular weight excluding hydrogens is 228 g/mol. The molecule has 0 spiro atoms. The van der Waals surface area contributed by atoms with E-state index < -0.39 is 0 Å². The number of carbonyl (C=O) groups is 2. The zero-order chi connectivity index (χ0) is 11.4. The average molecular weight is 244 g/mol. The number of carbonyl (C=O) groups excluding carboxylic acids is 2. The summed E-state index contributed by atoms with van der Waals surface area (Å²) in [6.45, 7) is 1.54. The van der Waals surface area contributed by atoms with Gasteiger partial charge in [-0.2, -0.15) is 0 Å². The fourth-order valence-electron chi connectivity index (χ4n) is 1.80. The molecule has 2 amide bonds. The summed E-state index contributed by atoms with van der Waals surface area (Å²) in [4.78, 5) is 24.4. The van der Waals surface area contributed by atoms with Gasteiger partial charge in [-0.3, -0.25) is 9.59 Å². The molecule has 2 aliphatic heterocycles. The van der Waals surface area contributed by atoms with Crippen molar-refractivity contribution in [2.24, 2.45) is 0 Å². The lowest BCUT2D eigenvalue weighted by Crippen LogP contribution is -2.40. The van der Waals surface area contributed by atoms with E-state index in [4.69, 9.17) is 4.74 Å². The van der Waals surface area contributed by atoms with Gasteiger partial charge in [0.2, 0.25) is 11.8 Å². The van der Waals surface area contributed by atoms with E-state index in [2.05, 4.69) is 5.32 Å². The monoisotopic (exact) mass is 244 g/mol. The van der Waals surface area contributed by atoms with Crippen molar-refractivity contribution in [3.05, 3.63) is 0 Å². The van der Waals surface area contributed by atoms with Crippen molar-refractivity contribution in [2.75, 3.05) is 31.3 Å². The summed E-state index contributed by atoms with van der Waals surface area (Å²) >= 11 is 1.55. The van der Waals surface area contributed by atoms with E-state index in [1.165, 1.54) is 0 Å². The third kappa shape index (κ3) is 3.12. The molecule has 1 N–H and O–H groups in total. The molecule has 2 aliphatic rings. The molecule has 6 heteroatoms. The smallest absolute Gasteiger partial charge is 0.239 e. The third-order valence-electron chi connectivity index (χ3n) is 2.71. The van der Waals surface area contributed by atoms with E-state index in [0.717, 1.165) is 19.4 Å². The molecule has 2 rings (SSSR count). The van der Waals surface area contributed by atoms with Crippen molar-refractivity contribution in [1.29, 1.82) is 0 Å². The number of hydrogen-bond acceptors (Lipinski definition) is 4. The van der Waals surface area contributed by atoms with Crippen LogP contribution < -0.4 is 5.32 Å². The van der Waals surface area contributed by atoms with Crippen LogP contribution in [0.5, 0.6) is 0 Å². The maximum Gasteiger partial charge on any atom is 0.239 e. The zero-order valence-electron chi connectivity index (χ0n) is 9.11. The average Bonchev–Trinajstić information content (AvgIpc) is 2.88. The number of nitrogens with one attached hydrogen (secondary N) is 1. The van der Waals surface area contributed by atoms with Gasteiger partial charge in [0.05, 0.1) is 17.7 Å². The van der Waals surface area contributed by atoms with Crippen molar-refractivity contribution in [3.63, 3.8) is 0 Å². The maximum absolute atomic E-state index is 11.5. The second-order valence-corrected chi connectivity index (χ2v) is 4.96. The molecule has 1 atom stereocenters. The maximum atomic E-state index is 11.5. The Labute approximate surface area is 98.9 Å². The molecule has 2 heterocycles. The number of nitrogens with zero attached hydrogens (tertiary/aromatic N) is 1. The van der Waals surface area contributed by atoms with Gasteiger partial charge in [0.15, 0.2) is 0 Å². The normalized spacial score (nSPS) is 25.1. The Morgan fingerprint density at radius 3 is 3.12 bits per heavy atom. The Kier molecular flexibility index (Phi) is 4.06. The highest BCUT2D eigenvalue weighted by atomic mass is 32.2. The number of ether oxygens (including phenoxy) is 1. The molecule has 0 saturated carbocycles. The van der Waals surface area contributed by atoms with Crippen LogP contribution in [0.2, 0.25) is 0 Å². The highest BCUT2D eigenvalue weighted by Gasteiger charge is 2.23. The van der Waals surface area contributed by atoms with Crippen LogP contribution in [-0.4, -0.2) is 54.1 Å². The predicted molar refractivity (Wildman–Crippen MR) is 61.0 cm³/mol. The largest absolute Gasteiger partial charge is 0.376 e. The van der Waals surface area contributed by atoms with Gasteiger partial charge in [0.1, 0.15) is 6.54 Å². The molecule has 90 valence electrons. The van der Waals surface area contributed by atoms with Gasteiger partial charge >= 0.3 is 0 Å². The van der Waals surface area contributed by atoms with Crippen molar-refractivity contribution >= 4 is 23.6 Å². The van der Waals surface area contributed by atoms with Crippen LogP contribution in [0.15, 0.2) is 0 Å². The Morgan fingerprint density at radius 1 is 1.62 bits per heavy atom. The lowest BCUT2D eigenvalue weighted by Gasteiger charge is -2.15. The lowest BCUT2D eigenvalue weighted by atomic mass is 10.2. The molecule has 0 aromatic carbocycles. The summed E-state index contributed by atoms with van der Waals surface area (Å²) < 4.78 is 5.40. The number of thioether (sulfide) groups is 1. The minimum atomic E-state index is -0.0913. The van der Waals surface area contributed by atoms with Crippen LogP contribution in [0.4, 0.5) is 0 Å². The van der Waals surface area contributed by atoms with Gasteiger partial charge in [0.25, 0.3) is 0 Å². The fraction of sp³-hybridized carbons (Fsp3) is 0.800. The van der Waals surface area contributed by atoms with Crippen molar-refractivity contribution in [1.82, 2.24) is 10.2 Å². The van der Waals surface area contributed by atoms with E-state index in [1.807, 2.05) is 0 Å². The van der Waals surface area contributed by atoms with Gasteiger partial charge < -0.3 is 15.0 Å². The van der Waals surface area contributed by atoms with Crippen molar-refractivity contribution < 1.29 is 14.3 Å². The molecular formula is C10H16N2O3S. The van der Waals surface area contributed by atoms with E-state index in [0.29, 0.717) is 18.2 Å². The van der Waals surface area contributed by atoms with Gasteiger partial charge in [-0.25, -0.2) is 0 Å². The van der Waals surface area contributed by atoms with E-state index in [1.54, 1.807) is 16.7 Å². The van der Waals surface area contributed by atoms with E-state index >= 15 is 0 Å². The zero-order valence-corrected chi connectivity index (χ0v) is 9.92. The number of amides is 2. The first-order chi connectivity index (χ1) is 7.75. The van der Waals surface area contributed by atoms with Crippen LogP contribution in [0.25, 0.3) is 0 Å². The first kappa shape index (κ1) is 11.7. The molecule has 5 nitrogen and oxygen atoms in total. The summed E-state index contributed by atoms with van der Waals surface area (Å²) in [6, 6.07) is 0. The van der Waals surface area contributed by atoms with Crippen LogP contribution >= 0.6 is 11.8 Å². The van der Waals surface area contributed by atoms with Gasteiger partial charge in [-0.1, -0.05) is 0 Å². The van der Waals surface area contributed by atoms with Crippen LogP contribution in [0, 0.1) is 0 Å². The minimum absolute atomic E-state index is 0.0530. The number of rotatable bonds is 4. The SMILES string of the molecule is O=C(CN1CSCC1=O)NCC1CCCO1. The van der Waals surface area contributed by atoms with Gasteiger partial charge in [-0.05, 0) is 12.8 Å². The molecule has 0 aliphatic carbocycles. The number of hydrogen-bond donors (Lipinski definition) is 1. The summed E-state index contributed by atoms with van der Waals surface area (Å²) in [5, 5.41) is 2.80. The molecule has 0 aromatic rings. The van der Waals surface area contributed by atoms with Crippen LogP contribution in [0.3, 0.4) is 0 Å². The predicted octanol–water partition coefficient (Wildman–Crippen LogP) is -0.185. The molecule has 0 aromatic heterocycles. The molecule has 0 radical (unpaired) electrons. The summed E-state index contributed by atoms with van der Waals surface area (Å²) in [6.07, 6.45) is 2.24. The summed E-state index contributed by atoms with van der Waals surface area (Å²) in [5.74, 6) is 1.09. The van der Waals surface area contributed by atoms with E-state index in [-0.39, 0.29) is 24.5 Å². The first-order valence-electron chi connectivity index (χ1n) is 5.49. The lowest BCUT2D eigenvalue weighted by molar-refractivity contribution is -0.132. The Balaban J connectivity index is 1.65. The summed E-state index contributed by atoms with van der Waals surface area (Å²) in [5.41, 5.74) is 0. The van der Waals surface area contributed by atoms with Crippen molar-refractivity contribution in [3.8, 4) is 0 Å². The van der Waals surface area contributed by atoms with E-state index in [9.17, 15) is 9.59 Å². The van der Waals surface area contributed by atoms with Crippen LogP contribution in [-0.2, 0) is 14.3 Å². The minimum Gasteiger partial charge on any atom is -0.376 e. The van der Waals surface area contributed by atoms with Crippen LogP contribution in [0.1, 0.15) is 12.8 Å². The fourth-order valence-corrected chi connectivity index (χ4v) is 2.71. The summed E-state index contributed by atoms with van der Waals surface area (Å²) in [7, 11) is 0. The highest BCUT2D eigenvalue weighted by molar-refractivity contribution is 8.00. The second-order valence-electron chi connectivity index (χ2n) is 4.01. The quantitative estimate of drug-likeness (QED) is 0.745. The topological polar surface area (TPSA) is 58.6 Å². The molecule has 16 heavy (non-hydrogen) atoms. The molecule has 2 saturated heterocycles. The van der Waals surface area contributed by atoms with Crippen molar-refractivity contribution in [2.45, 2.75) is 18.9 Å². The third-order valence-corrected chi connectivity index (χ3v) is 3.66. The standard InChI is InChI=1S/C10H16N2O3S/c13-9(5-12-7-16-6-10(12)14)11-4-8-2-1-3-15-8/h8H,1-7H2,(H,11,13).